The maximum atomic E-state index is 11.6. The van der Waals surface area contributed by atoms with Crippen LogP contribution in [0.5, 0.6) is 5.75 Å². The van der Waals surface area contributed by atoms with Crippen molar-refractivity contribution in [1.82, 2.24) is 5.43 Å². The number of thiophene rings is 1. The second-order valence-corrected chi connectivity index (χ2v) is 5.67. The Morgan fingerprint density at radius 1 is 1.48 bits per heavy atom. The largest absolute Gasteiger partial charge is 0.507 e. The number of phenolic OH excluding ortho intramolecular Hbond substituents is 1. The number of phenols is 1. The highest BCUT2D eigenvalue weighted by Crippen LogP contribution is 2.21. The molecule has 2 rings (SSSR count). The third kappa shape index (κ3) is 5.39. The monoisotopic (exact) mass is 362 g/mol. The van der Waals surface area contributed by atoms with Crippen LogP contribution in [0.4, 0.5) is 5.69 Å². The predicted octanol–water partition coefficient (Wildman–Crippen LogP) is 2.25. The van der Waals surface area contributed by atoms with Crippen molar-refractivity contribution in [1.29, 1.82) is 0 Å². The molecule has 0 atom stereocenters. The Bertz CT molecular complexity index is 817. The zero-order valence-electron chi connectivity index (χ0n) is 13.1. The topological polar surface area (TPSA) is 126 Å². The summed E-state index contributed by atoms with van der Waals surface area (Å²) in [5, 5.41) is 29.6. The molecule has 2 aromatic rings. The van der Waals surface area contributed by atoms with Crippen LogP contribution in [-0.2, 0) is 9.63 Å². The molecule has 0 saturated carbocycles. The van der Waals surface area contributed by atoms with E-state index in [2.05, 4.69) is 15.7 Å². The maximum Gasteiger partial charge on any atom is 0.280 e. The number of benzene rings is 1. The van der Waals surface area contributed by atoms with Crippen molar-refractivity contribution in [3.63, 3.8) is 0 Å². The van der Waals surface area contributed by atoms with Crippen LogP contribution in [0.1, 0.15) is 17.4 Å². The molecule has 2 N–H and O–H groups in total. The third-order valence-corrected chi connectivity index (χ3v) is 3.87. The van der Waals surface area contributed by atoms with Crippen LogP contribution >= 0.6 is 11.3 Å². The summed E-state index contributed by atoms with van der Waals surface area (Å²) in [6, 6.07) is 7.22. The summed E-state index contributed by atoms with van der Waals surface area (Å²) in [5.74, 6) is -0.764. The van der Waals surface area contributed by atoms with Crippen LogP contribution in [-0.4, -0.2) is 34.5 Å². The van der Waals surface area contributed by atoms with Gasteiger partial charge < -0.3 is 9.94 Å². The van der Waals surface area contributed by atoms with Gasteiger partial charge in [-0.2, -0.15) is 5.10 Å². The number of nitrogens with one attached hydrogen (secondary N) is 1. The first kappa shape index (κ1) is 18.1. The minimum Gasteiger partial charge on any atom is -0.507 e. The summed E-state index contributed by atoms with van der Waals surface area (Å²) in [5.41, 5.74) is 2.72. The number of hydrogen-bond acceptors (Lipinski definition) is 8. The van der Waals surface area contributed by atoms with Crippen LogP contribution in [0.3, 0.4) is 0 Å². The molecular formula is C15H14N4O5S. The summed E-state index contributed by atoms with van der Waals surface area (Å²) < 4.78 is 0. The molecule has 1 aromatic carbocycles. The normalized spacial score (nSPS) is 11.5. The zero-order valence-corrected chi connectivity index (χ0v) is 13.9. The van der Waals surface area contributed by atoms with Gasteiger partial charge in [-0.05, 0) is 24.4 Å². The summed E-state index contributed by atoms with van der Waals surface area (Å²) >= 11 is 1.50. The number of carbonyl (C=O) groups is 1. The van der Waals surface area contributed by atoms with Crippen molar-refractivity contribution in [2.24, 2.45) is 10.3 Å². The van der Waals surface area contributed by atoms with Crippen molar-refractivity contribution in [2.45, 2.75) is 6.92 Å². The van der Waals surface area contributed by atoms with Gasteiger partial charge >= 0.3 is 0 Å². The van der Waals surface area contributed by atoms with Gasteiger partial charge in [0.15, 0.2) is 6.61 Å². The van der Waals surface area contributed by atoms with E-state index in [1.54, 1.807) is 6.92 Å². The van der Waals surface area contributed by atoms with Gasteiger partial charge in [-0.25, -0.2) is 5.43 Å². The fourth-order valence-electron chi connectivity index (χ4n) is 1.68. The van der Waals surface area contributed by atoms with E-state index in [1.807, 2.05) is 17.5 Å². The fourth-order valence-corrected chi connectivity index (χ4v) is 2.35. The van der Waals surface area contributed by atoms with Crippen molar-refractivity contribution >= 4 is 34.9 Å². The first-order chi connectivity index (χ1) is 12.0. The van der Waals surface area contributed by atoms with Gasteiger partial charge in [0.2, 0.25) is 0 Å². The Labute approximate surface area is 146 Å². The van der Waals surface area contributed by atoms with Crippen LogP contribution < -0.4 is 5.43 Å². The summed E-state index contributed by atoms with van der Waals surface area (Å²) in [4.78, 5) is 27.5. The zero-order chi connectivity index (χ0) is 18.2. The van der Waals surface area contributed by atoms with E-state index in [1.165, 1.54) is 17.4 Å². The van der Waals surface area contributed by atoms with Crippen molar-refractivity contribution in [3.8, 4) is 5.75 Å². The van der Waals surface area contributed by atoms with Gasteiger partial charge in [0.05, 0.1) is 21.7 Å². The summed E-state index contributed by atoms with van der Waals surface area (Å²) in [6.45, 7) is 1.41. The minimum absolute atomic E-state index is 0.0991. The molecule has 0 bridgehead atoms. The van der Waals surface area contributed by atoms with Gasteiger partial charge in [-0.3, -0.25) is 14.9 Å². The molecule has 10 heteroatoms. The second kappa shape index (κ2) is 8.55. The number of nitro benzene ring substituents is 1. The first-order valence-electron chi connectivity index (χ1n) is 6.97. The van der Waals surface area contributed by atoms with Gasteiger partial charge in [0.1, 0.15) is 5.75 Å². The minimum atomic E-state index is -0.600. The highest BCUT2D eigenvalue weighted by atomic mass is 32.1. The average Bonchev–Trinajstić information content (AvgIpc) is 3.11. The summed E-state index contributed by atoms with van der Waals surface area (Å²) in [7, 11) is 0. The van der Waals surface area contributed by atoms with Crippen molar-refractivity contribution in [3.05, 3.63) is 56.3 Å². The number of aromatic hydroxyl groups is 1. The highest BCUT2D eigenvalue weighted by molar-refractivity contribution is 7.12. The maximum absolute atomic E-state index is 11.6. The molecule has 0 radical (unpaired) electrons. The average molecular weight is 362 g/mol. The van der Waals surface area contributed by atoms with E-state index in [9.17, 15) is 20.0 Å². The number of oxime groups is 1. The van der Waals surface area contributed by atoms with Gasteiger partial charge in [0, 0.05) is 17.7 Å². The standard InChI is InChI=1S/C15H14N4O5S/c1-10(14-3-2-6-25-14)18-24-9-15(21)17-16-8-11-7-12(19(22)23)4-5-13(11)20/h2-8,20H,9H2,1H3,(H,17,21)/b16-8-,18-10-. The predicted molar refractivity (Wildman–Crippen MR) is 93.0 cm³/mol. The van der Waals surface area contributed by atoms with Crippen molar-refractivity contribution in [2.75, 3.05) is 6.61 Å². The number of hydrazone groups is 1. The van der Waals surface area contributed by atoms with E-state index in [0.717, 1.165) is 23.2 Å². The first-order valence-corrected chi connectivity index (χ1v) is 7.85. The Balaban J connectivity index is 1.85. The van der Waals surface area contributed by atoms with E-state index in [4.69, 9.17) is 4.84 Å². The Hall–Kier alpha value is -3.27. The number of hydrogen-bond donors (Lipinski definition) is 2. The lowest BCUT2D eigenvalue weighted by molar-refractivity contribution is -0.384. The lowest BCUT2D eigenvalue weighted by atomic mass is 10.2. The Morgan fingerprint density at radius 3 is 2.96 bits per heavy atom. The van der Waals surface area contributed by atoms with E-state index >= 15 is 0 Å². The highest BCUT2D eigenvalue weighted by Gasteiger charge is 2.09. The van der Waals surface area contributed by atoms with E-state index in [-0.39, 0.29) is 23.6 Å². The Morgan fingerprint density at radius 2 is 2.28 bits per heavy atom. The third-order valence-electron chi connectivity index (χ3n) is 2.89. The van der Waals surface area contributed by atoms with Crippen LogP contribution in [0.2, 0.25) is 0 Å². The van der Waals surface area contributed by atoms with Gasteiger partial charge in [0.25, 0.3) is 11.6 Å². The molecule has 0 aliphatic heterocycles. The molecule has 0 spiro atoms. The number of amides is 1. The lowest BCUT2D eigenvalue weighted by Crippen LogP contribution is -2.22. The second-order valence-electron chi connectivity index (χ2n) is 4.72. The molecule has 0 unspecified atom stereocenters. The van der Waals surface area contributed by atoms with E-state index in [0.29, 0.717) is 5.71 Å². The molecule has 0 fully saturated rings. The molecule has 25 heavy (non-hydrogen) atoms. The number of nitrogens with zero attached hydrogens (tertiary/aromatic N) is 3. The van der Waals surface area contributed by atoms with Crippen LogP contribution in [0, 0.1) is 10.1 Å². The molecular weight excluding hydrogens is 348 g/mol. The molecule has 9 nitrogen and oxygen atoms in total. The quantitative estimate of drug-likeness (QED) is 0.444. The molecule has 0 aliphatic carbocycles. The number of rotatable bonds is 7. The number of non-ortho nitro benzene ring substituents is 1. The number of nitro groups is 1. The molecule has 1 amide bonds. The smallest absolute Gasteiger partial charge is 0.280 e. The lowest BCUT2D eigenvalue weighted by Gasteiger charge is -2.01. The Kier molecular flexibility index (Phi) is 6.18. The molecule has 1 aromatic heterocycles. The number of carbonyl (C=O) groups excluding carboxylic acids is 1. The summed E-state index contributed by atoms with van der Waals surface area (Å²) in [6.07, 6.45) is 1.10. The van der Waals surface area contributed by atoms with Gasteiger partial charge in [-0.15, -0.1) is 11.3 Å². The SMILES string of the molecule is C/C(=N/OCC(=O)N/N=C\c1cc([N+](=O)[O-])ccc1O)c1cccs1. The van der Waals surface area contributed by atoms with Crippen LogP contribution in [0.15, 0.2) is 46.0 Å². The molecule has 130 valence electrons. The molecule has 1 heterocycles. The van der Waals surface area contributed by atoms with E-state index < -0.39 is 10.8 Å². The van der Waals surface area contributed by atoms with Crippen molar-refractivity contribution < 1.29 is 19.7 Å². The fraction of sp³-hybridized carbons (Fsp3) is 0.133. The molecule has 0 saturated heterocycles. The van der Waals surface area contributed by atoms with Gasteiger partial charge in [-0.1, -0.05) is 11.2 Å². The van der Waals surface area contributed by atoms with Crippen LogP contribution in [0.25, 0.3) is 0 Å². The molecule has 0 aliphatic rings.